The highest BCUT2D eigenvalue weighted by molar-refractivity contribution is 8.21. The Kier molecular flexibility index (Phi) is 7.35. The van der Waals surface area contributed by atoms with E-state index in [1.807, 2.05) is 12.5 Å². The first-order valence-electron chi connectivity index (χ1n) is 4.01. The molecule has 0 radical (unpaired) electrons. The fourth-order valence-electron chi connectivity index (χ4n) is 0.977. The van der Waals surface area contributed by atoms with Gasteiger partial charge in [-0.05, 0) is 19.4 Å². The fraction of sp³-hybridized carbons (Fsp3) is 0.667. The van der Waals surface area contributed by atoms with Crippen LogP contribution in [0.2, 0.25) is 0 Å². The zero-order valence-electron chi connectivity index (χ0n) is 9.12. The monoisotopic (exact) mass is 236 g/mol. The lowest BCUT2D eigenvalue weighted by Gasteiger charge is -2.13. The van der Waals surface area contributed by atoms with Gasteiger partial charge in [-0.3, -0.25) is 4.79 Å². The molecule has 0 aromatic rings. The van der Waals surface area contributed by atoms with E-state index in [2.05, 4.69) is 0 Å². The Labute approximate surface area is 93.6 Å². The predicted octanol–water partition coefficient (Wildman–Crippen LogP) is 2.13. The molecule has 0 unspecified atom stereocenters. The number of hydrogen-bond donors (Lipinski definition) is 0. The summed E-state index contributed by atoms with van der Waals surface area (Å²) < 4.78 is 10.8. The van der Waals surface area contributed by atoms with Gasteiger partial charge in [-0.15, -0.1) is 23.5 Å². The molecule has 0 aliphatic rings. The van der Waals surface area contributed by atoms with Crippen molar-refractivity contribution in [1.29, 1.82) is 0 Å². The normalized spacial score (nSPS) is 10.4. The molecule has 0 N–H and O–H groups in total. The zero-order valence-corrected chi connectivity index (χ0v) is 10.8. The van der Waals surface area contributed by atoms with Crippen LogP contribution in [0.1, 0.15) is 6.92 Å². The van der Waals surface area contributed by atoms with Crippen LogP contribution < -0.4 is 0 Å². The predicted molar refractivity (Wildman–Crippen MR) is 62.5 cm³/mol. The van der Waals surface area contributed by atoms with Crippen molar-refractivity contribution in [3.63, 3.8) is 0 Å². The average Bonchev–Trinajstić information content (AvgIpc) is 2.21. The molecule has 0 fully saturated rings. The number of thioether (sulfide) groups is 2. The number of Topliss-reactive ketones (excluding diaryl/α,β-unsaturated/α-hetero) is 1. The Balaban J connectivity index is 4.73. The molecule has 5 heteroatoms. The molecule has 14 heavy (non-hydrogen) atoms. The maximum Gasteiger partial charge on any atom is 0.221 e. The lowest BCUT2D eigenvalue weighted by atomic mass is 10.2. The molecule has 0 aliphatic heterocycles. The molecule has 0 atom stereocenters. The van der Waals surface area contributed by atoms with E-state index in [4.69, 9.17) is 9.47 Å². The van der Waals surface area contributed by atoms with Crippen LogP contribution in [0, 0.1) is 0 Å². The molecule has 0 bridgehead atoms. The second kappa shape index (κ2) is 7.34. The van der Waals surface area contributed by atoms with Crippen LogP contribution in [0.15, 0.2) is 9.81 Å². The Hall–Kier alpha value is 0.0300. The van der Waals surface area contributed by atoms with Gasteiger partial charge in [-0.1, -0.05) is 0 Å². The summed E-state index contributed by atoms with van der Waals surface area (Å²) >= 11 is 3.11. The van der Waals surface area contributed by atoms with Crippen LogP contribution in [0.25, 0.3) is 0 Å². The molecule has 0 rings (SSSR count). The number of ketones is 1. The molecular formula is C9H16O3S2. The van der Waals surface area contributed by atoms with Crippen molar-refractivity contribution in [1.82, 2.24) is 0 Å². The SMILES string of the molecule is COC(OC)C(=O)C(C)=C(SC)SC. The van der Waals surface area contributed by atoms with Crippen LogP contribution in [-0.2, 0) is 14.3 Å². The quantitative estimate of drug-likeness (QED) is 0.521. The first kappa shape index (κ1) is 14.0. The van der Waals surface area contributed by atoms with Crippen molar-refractivity contribution in [3.8, 4) is 0 Å². The van der Waals surface area contributed by atoms with Crippen molar-refractivity contribution >= 4 is 29.3 Å². The molecule has 0 saturated heterocycles. The Bertz CT molecular complexity index is 216. The van der Waals surface area contributed by atoms with E-state index in [1.54, 1.807) is 30.4 Å². The van der Waals surface area contributed by atoms with Gasteiger partial charge in [0.1, 0.15) is 0 Å². The Morgan fingerprint density at radius 3 is 1.86 bits per heavy atom. The summed E-state index contributed by atoms with van der Waals surface area (Å²) in [6.07, 6.45) is 3.10. The van der Waals surface area contributed by atoms with E-state index < -0.39 is 6.29 Å². The Morgan fingerprint density at radius 1 is 1.14 bits per heavy atom. The molecular weight excluding hydrogens is 220 g/mol. The summed E-state index contributed by atoms with van der Waals surface area (Å²) in [5.74, 6) is -0.117. The van der Waals surface area contributed by atoms with E-state index in [9.17, 15) is 4.79 Å². The summed E-state index contributed by atoms with van der Waals surface area (Å²) in [5, 5.41) is 0. The highest BCUT2D eigenvalue weighted by Gasteiger charge is 2.20. The summed E-state index contributed by atoms with van der Waals surface area (Å²) in [6, 6.07) is 0. The summed E-state index contributed by atoms with van der Waals surface area (Å²) in [7, 11) is 2.91. The van der Waals surface area contributed by atoms with Crippen molar-refractivity contribution in [2.75, 3.05) is 26.7 Å². The molecule has 0 aliphatic carbocycles. The lowest BCUT2D eigenvalue weighted by molar-refractivity contribution is -0.152. The summed E-state index contributed by atoms with van der Waals surface area (Å²) in [5.41, 5.74) is 0.693. The third-order valence-electron chi connectivity index (χ3n) is 1.69. The van der Waals surface area contributed by atoms with E-state index in [-0.39, 0.29) is 5.78 Å². The van der Waals surface area contributed by atoms with Crippen molar-refractivity contribution in [3.05, 3.63) is 9.81 Å². The van der Waals surface area contributed by atoms with E-state index in [1.165, 1.54) is 14.2 Å². The van der Waals surface area contributed by atoms with E-state index >= 15 is 0 Å². The van der Waals surface area contributed by atoms with Gasteiger partial charge in [0.15, 0.2) is 0 Å². The van der Waals surface area contributed by atoms with Gasteiger partial charge in [-0.25, -0.2) is 0 Å². The second-order valence-corrected chi connectivity index (χ2v) is 4.38. The lowest BCUT2D eigenvalue weighted by Crippen LogP contribution is -2.25. The average molecular weight is 236 g/mol. The number of carbonyl (C=O) groups excluding carboxylic acids is 1. The van der Waals surface area contributed by atoms with Gasteiger partial charge in [-0.2, -0.15) is 0 Å². The smallest absolute Gasteiger partial charge is 0.221 e. The maximum atomic E-state index is 11.7. The first-order valence-corrected chi connectivity index (χ1v) is 6.45. The Morgan fingerprint density at radius 2 is 1.57 bits per heavy atom. The number of methoxy groups -OCH3 is 2. The minimum atomic E-state index is -0.788. The topological polar surface area (TPSA) is 35.5 Å². The number of hydrogen-bond acceptors (Lipinski definition) is 5. The zero-order chi connectivity index (χ0) is 11.1. The fourth-order valence-corrected chi connectivity index (χ4v) is 2.46. The van der Waals surface area contributed by atoms with Crippen LogP contribution in [0.4, 0.5) is 0 Å². The number of rotatable bonds is 6. The molecule has 3 nitrogen and oxygen atoms in total. The maximum absolute atomic E-state index is 11.7. The minimum absolute atomic E-state index is 0.117. The minimum Gasteiger partial charge on any atom is -0.349 e. The molecule has 0 aromatic carbocycles. The molecule has 0 aromatic heterocycles. The van der Waals surface area contributed by atoms with Crippen LogP contribution in [0.5, 0.6) is 0 Å². The molecule has 0 saturated carbocycles. The van der Waals surface area contributed by atoms with E-state index in [0.29, 0.717) is 5.57 Å². The molecule has 0 spiro atoms. The highest BCUT2D eigenvalue weighted by Crippen LogP contribution is 2.28. The van der Waals surface area contributed by atoms with Gasteiger partial charge < -0.3 is 9.47 Å². The standard InChI is InChI=1S/C9H16O3S2/c1-6(9(13-4)14-5)7(10)8(11-2)12-3/h8H,1-5H3. The van der Waals surface area contributed by atoms with Gasteiger partial charge in [0, 0.05) is 24.0 Å². The summed E-state index contributed by atoms with van der Waals surface area (Å²) in [4.78, 5) is 11.7. The third-order valence-corrected chi connectivity index (χ3v) is 4.04. The van der Waals surface area contributed by atoms with Crippen molar-refractivity contribution in [2.45, 2.75) is 13.2 Å². The van der Waals surface area contributed by atoms with Gasteiger partial charge in [0.25, 0.3) is 0 Å². The molecule has 0 heterocycles. The van der Waals surface area contributed by atoms with Crippen LogP contribution in [0.3, 0.4) is 0 Å². The van der Waals surface area contributed by atoms with E-state index in [0.717, 1.165) is 4.24 Å². The largest absolute Gasteiger partial charge is 0.349 e. The third kappa shape index (κ3) is 3.65. The number of ether oxygens (including phenoxy) is 2. The molecule has 82 valence electrons. The molecule has 0 amide bonds. The second-order valence-electron chi connectivity index (χ2n) is 2.49. The van der Waals surface area contributed by atoms with Gasteiger partial charge in [0.05, 0.1) is 0 Å². The van der Waals surface area contributed by atoms with Crippen molar-refractivity contribution in [2.24, 2.45) is 0 Å². The summed E-state index contributed by atoms with van der Waals surface area (Å²) in [6.45, 7) is 1.79. The number of carbonyl (C=O) groups is 1. The highest BCUT2D eigenvalue weighted by atomic mass is 32.2. The van der Waals surface area contributed by atoms with Crippen molar-refractivity contribution < 1.29 is 14.3 Å². The van der Waals surface area contributed by atoms with Crippen LogP contribution >= 0.6 is 23.5 Å². The van der Waals surface area contributed by atoms with Gasteiger partial charge in [0.2, 0.25) is 12.1 Å². The van der Waals surface area contributed by atoms with Gasteiger partial charge >= 0.3 is 0 Å². The van der Waals surface area contributed by atoms with Crippen LogP contribution in [-0.4, -0.2) is 38.8 Å². The first-order chi connectivity index (χ1) is 6.62.